The molecule has 1 aromatic rings. The molecule has 0 aliphatic carbocycles. The Bertz CT molecular complexity index is 640. The Kier molecular flexibility index (Phi) is 8.39. The first-order valence-electron chi connectivity index (χ1n) is 9.44. The molecule has 150 valence electrons. The highest BCUT2D eigenvalue weighted by Gasteiger charge is 2.17. The molecule has 0 aromatic heterocycles. The van der Waals surface area contributed by atoms with Crippen molar-refractivity contribution in [3.05, 3.63) is 29.3 Å². The maximum absolute atomic E-state index is 11.6. The number of hydrogen-bond acceptors (Lipinski definition) is 4. The van der Waals surface area contributed by atoms with Crippen LogP contribution in [0.25, 0.3) is 0 Å². The molecule has 2 rings (SSSR count). The first-order chi connectivity index (χ1) is 13.0. The molecule has 7 heteroatoms. The van der Waals surface area contributed by atoms with Crippen LogP contribution in [0, 0.1) is 12.8 Å². The predicted octanol–water partition coefficient (Wildman–Crippen LogP) is 1.55. The number of carbonyl (C=O) groups excluding carboxylic acids is 1. The van der Waals surface area contributed by atoms with Gasteiger partial charge in [-0.3, -0.25) is 9.79 Å². The molecule has 1 aliphatic heterocycles. The van der Waals surface area contributed by atoms with Gasteiger partial charge in [0.1, 0.15) is 5.75 Å². The minimum atomic E-state index is 0.0862. The van der Waals surface area contributed by atoms with Crippen molar-refractivity contribution in [3.63, 3.8) is 0 Å². The van der Waals surface area contributed by atoms with Crippen molar-refractivity contribution < 1.29 is 14.3 Å². The second kappa shape index (κ2) is 10.8. The average molecular weight is 377 g/mol. The molecule has 0 spiro atoms. The van der Waals surface area contributed by atoms with Crippen LogP contribution in [0.3, 0.4) is 0 Å². The van der Waals surface area contributed by atoms with Gasteiger partial charge in [-0.1, -0.05) is 12.1 Å². The van der Waals surface area contributed by atoms with Gasteiger partial charge in [0.15, 0.2) is 5.96 Å². The van der Waals surface area contributed by atoms with Crippen molar-refractivity contribution in [2.45, 2.75) is 26.3 Å². The van der Waals surface area contributed by atoms with Gasteiger partial charge < -0.3 is 25.0 Å². The fourth-order valence-corrected chi connectivity index (χ4v) is 2.78. The van der Waals surface area contributed by atoms with E-state index in [-0.39, 0.29) is 5.91 Å². The molecular weight excluding hydrogens is 344 g/mol. The van der Waals surface area contributed by atoms with Gasteiger partial charge in [-0.05, 0) is 25.0 Å². The van der Waals surface area contributed by atoms with Crippen LogP contribution in [-0.2, 0) is 16.1 Å². The Morgan fingerprint density at radius 3 is 2.85 bits per heavy atom. The minimum Gasteiger partial charge on any atom is -0.493 e. The lowest BCUT2D eigenvalue weighted by atomic mass is 10.1. The number of hydrogen-bond donors (Lipinski definition) is 2. The van der Waals surface area contributed by atoms with Crippen molar-refractivity contribution in [2.24, 2.45) is 10.9 Å². The van der Waals surface area contributed by atoms with E-state index in [0.29, 0.717) is 38.0 Å². The summed E-state index contributed by atoms with van der Waals surface area (Å²) >= 11 is 0. The van der Waals surface area contributed by atoms with E-state index in [4.69, 9.17) is 9.47 Å². The van der Waals surface area contributed by atoms with Crippen molar-refractivity contribution in [3.8, 4) is 5.75 Å². The summed E-state index contributed by atoms with van der Waals surface area (Å²) in [6, 6.07) is 6.22. The highest BCUT2D eigenvalue weighted by molar-refractivity contribution is 5.81. The summed E-state index contributed by atoms with van der Waals surface area (Å²) in [5, 5.41) is 6.45. The third-order valence-electron chi connectivity index (χ3n) is 4.52. The van der Waals surface area contributed by atoms with Crippen LogP contribution in [0.4, 0.5) is 0 Å². The van der Waals surface area contributed by atoms with Gasteiger partial charge in [-0.25, -0.2) is 0 Å². The molecule has 1 unspecified atom stereocenters. The zero-order chi connectivity index (χ0) is 19.6. The maximum Gasteiger partial charge on any atom is 0.223 e. The smallest absolute Gasteiger partial charge is 0.223 e. The third-order valence-corrected chi connectivity index (χ3v) is 4.52. The maximum atomic E-state index is 11.6. The van der Waals surface area contributed by atoms with Crippen LogP contribution in [0.1, 0.15) is 24.0 Å². The normalized spacial score (nSPS) is 16.9. The highest BCUT2D eigenvalue weighted by Crippen LogP contribution is 2.22. The van der Waals surface area contributed by atoms with Gasteiger partial charge >= 0.3 is 0 Å². The van der Waals surface area contributed by atoms with Gasteiger partial charge in [-0.2, -0.15) is 0 Å². The summed E-state index contributed by atoms with van der Waals surface area (Å²) in [5.41, 5.74) is 2.24. The van der Waals surface area contributed by atoms with Gasteiger partial charge in [0, 0.05) is 58.7 Å². The number of aliphatic imine (C=N–C) groups is 1. The molecule has 0 saturated carbocycles. The minimum absolute atomic E-state index is 0.0862. The van der Waals surface area contributed by atoms with Crippen LogP contribution in [-0.4, -0.2) is 64.3 Å². The molecule has 2 N–H and O–H groups in total. The first-order valence-corrected chi connectivity index (χ1v) is 9.44. The van der Waals surface area contributed by atoms with Crippen molar-refractivity contribution in [2.75, 3.05) is 47.5 Å². The summed E-state index contributed by atoms with van der Waals surface area (Å²) in [5.74, 6) is 2.11. The number of nitrogens with zero attached hydrogens (tertiary/aromatic N) is 2. The van der Waals surface area contributed by atoms with Gasteiger partial charge in [0.25, 0.3) is 0 Å². The van der Waals surface area contributed by atoms with E-state index >= 15 is 0 Å². The number of carbonyl (C=O) groups is 1. The molecule has 1 saturated heterocycles. The third kappa shape index (κ3) is 7.09. The van der Waals surface area contributed by atoms with Gasteiger partial charge in [-0.15, -0.1) is 0 Å². The van der Waals surface area contributed by atoms with Crippen LogP contribution >= 0.6 is 0 Å². The lowest BCUT2D eigenvalue weighted by Gasteiger charge is -2.17. The lowest BCUT2D eigenvalue weighted by Crippen LogP contribution is -2.38. The molecule has 1 heterocycles. The highest BCUT2D eigenvalue weighted by atomic mass is 16.5. The number of amides is 1. The lowest BCUT2D eigenvalue weighted by molar-refractivity contribution is -0.128. The quantitative estimate of drug-likeness (QED) is 0.532. The zero-order valence-corrected chi connectivity index (χ0v) is 16.9. The summed E-state index contributed by atoms with van der Waals surface area (Å²) < 4.78 is 11.5. The number of ether oxygens (including phenoxy) is 2. The van der Waals surface area contributed by atoms with E-state index < -0.39 is 0 Å². The first kappa shape index (κ1) is 21.0. The number of nitrogens with one attached hydrogen (secondary N) is 2. The molecule has 7 nitrogen and oxygen atoms in total. The second-order valence-electron chi connectivity index (χ2n) is 7.04. The summed E-state index contributed by atoms with van der Waals surface area (Å²) in [6.07, 6.45) is 1.48. The van der Waals surface area contributed by atoms with E-state index in [1.165, 1.54) is 5.56 Å². The molecule has 0 bridgehead atoms. The van der Waals surface area contributed by atoms with Crippen molar-refractivity contribution in [1.29, 1.82) is 0 Å². The SMILES string of the molecule is CN=C(NCCC(=O)N(C)C)NCc1ccc(C)cc1OCC1CCOC1. The molecule has 1 amide bonds. The van der Waals surface area contributed by atoms with Gasteiger partial charge in [0.05, 0.1) is 13.2 Å². The molecule has 0 radical (unpaired) electrons. The second-order valence-corrected chi connectivity index (χ2v) is 7.04. The average Bonchev–Trinajstić information content (AvgIpc) is 3.17. The number of rotatable bonds is 8. The van der Waals surface area contributed by atoms with Crippen LogP contribution in [0.2, 0.25) is 0 Å². The molecule has 1 fully saturated rings. The van der Waals surface area contributed by atoms with Crippen molar-refractivity contribution >= 4 is 11.9 Å². The molecule has 1 atom stereocenters. The molecule has 27 heavy (non-hydrogen) atoms. The number of benzene rings is 1. The van der Waals surface area contributed by atoms with E-state index in [1.54, 1.807) is 26.0 Å². The zero-order valence-electron chi connectivity index (χ0n) is 16.9. The fraction of sp³-hybridized carbons (Fsp3) is 0.600. The Morgan fingerprint density at radius 1 is 1.37 bits per heavy atom. The monoisotopic (exact) mass is 376 g/mol. The largest absolute Gasteiger partial charge is 0.493 e. The van der Waals surface area contributed by atoms with Crippen LogP contribution in [0.5, 0.6) is 5.75 Å². The van der Waals surface area contributed by atoms with Gasteiger partial charge in [0.2, 0.25) is 5.91 Å². The molecular formula is C20H32N4O3. The van der Waals surface area contributed by atoms with Crippen molar-refractivity contribution in [1.82, 2.24) is 15.5 Å². The van der Waals surface area contributed by atoms with E-state index in [2.05, 4.69) is 40.7 Å². The number of guanidine groups is 1. The van der Waals surface area contributed by atoms with E-state index in [9.17, 15) is 4.79 Å². The standard InChI is InChI=1S/C20H32N4O3/c1-15-5-6-17(18(11-15)27-14-16-8-10-26-13-16)12-23-20(21-2)22-9-7-19(25)24(3)4/h5-6,11,16H,7-10,12-14H2,1-4H3,(H2,21,22,23). The molecule has 1 aliphatic rings. The van der Waals surface area contributed by atoms with E-state index in [0.717, 1.165) is 30.9 Å². The summed E-state index contributed by atoms with van der Waals surface area (Å²) in [6.45, 7) is 5.48. The number of aryl methyl sites for hydroxylation is 1. The Balaban J connectivity index is 1.86. The molecule has 1 aromatic carbocycles. The van der Waals surface area contributed by atoms with E-state index in [1.807, 2.05) is 0 Å². The van der Waals surface area contributed by atoms with Crippen LogP contribution in [0.15, 0.2) is 23.2 Å². The van der Waals surface area contributed by atoms with Crippen LogP contribution < -0.4 is 15.4 Å². The summed E-state index contributed by atoms with van der Waals surface area (Å²) in [7, 11) is 5.23. The predicted molar refractivity (Wildman–Crippen MR) is 107 cm³/mol. The Morgan fingerprint density at radius 2 is 2.19 bits per heavy atom. The summed E-state index contributed by atoms with van der Waals surface area (Å²) in [4.78, 5) is 17.4. The fourth-order valence-electron chi connectivity index (χ4n) is 2.78. The Labute approximate surface area is 162 Å². The topological polar surface area (TPSA) is 75.2 Å². The Hall–Kier alpha value is -2.28.